The molecule has 43 heavy (non-hydrogen) atoms. The van der Waals surface area contributed by atoms with Gasteiger partial charge in [0.25, 0.3) is 0 Å². The second-order valence-electron chi connectivity index (χ2n) is 11.7. The van der Waals surface area contributed by atoms with E-state index in [9.17, 15) is 10.1 Å². The molecule has 10 nitrogen and oxygen atoms in total. The predicted octanol–water partition coefficient (Wildman–Crippen LogP) is 5.56. The van der Waals surface area contributed by atoms with Gasteiger partial charge in [-0.25, -0.2) is 4.98 Å². The van der Waals surface area contributed by atoms with Crippen LogP contribution in [-0.2, 0) is 10.2 Å². The SMILES string of the molecule is CC(C)(C#N)c1ccc(-n2c3c4cc(-c5ccc(NC(=O)CNC6CCCC6)nc5)ccc4ncc3n3cnnc23)cc1. The fourth-order valence-electron chi connectivity index (χ4n) is 5.94. The van der Waals surface area contributed by atoms with Gasteiger partial charge in [0.1, 0.15) is 12.1 Å². The van der Waals surface area contributed by atoms with Gasteiger partial charge in [-0.15, -0.1) is 10.2 Å². The molecule has 1 fully saturated rings. The third-order valence-corrected chi connectivity index (χ3v) is 8.43. The fourth-order valence-corrected chi connectivity index (χ4v) is 5.94. The van der Waals surface area contributed by atoms with Crippen LogP contribution in [0.2, 0.25) is 0 Å². The van der Waals surface area contributed by atoms with Gasteiger partial charge in [-0.3, -0.25) is 18.7 Å². The quantitative estimate of drug-likeness (QED) is 0.258. The van der Waals surface area contributed by atoms with Crippen molar-refractivity contribution in [1.82, 2.24) is 34.4 Å². The van der Waals surface area contributed by atoms with E-state index in [4.69, 9.17) is 4.98 Å². The molecule has 2 N–H and O–H groups in total. The van der Waals surface area contributed by atoms with Crippen molar-refractivity contribution >= 4 is 39.4 Å². The number of nitrogens with zero attached hydrogens (tertiary/aromatic N) is 7. The Morgan fingerprint density at radius 1 is 1.02 bits per heavy atom. The van der Waals surface area contributed by atoms with Crippen LogP contribution in [0.3, 0.4) is 0 Å². The lowest BCUT2D eigenvalue weighted by Crippen LogP contribution is -2.34. The molecule has 1 amide bonds. The van der Waals surface area contributed by atoms with Gasteiger partial charge < -0.3 is 10.6 Å². The number of fused-ring (bicyclic) bond motifs is 5. The first-order chi connectivity index (χ1) is 20.9. The molecule has 1 saturated carbocycles. The zero-order valence-electron chi connectivity index (χ0n) is 24.1. The molecule has 6 aromatic rings. The van der Waals surface area contributed by atoms with Crippen molar-refractivity contribution in [3.05, 3.63) is 78.9 Å². The van der Waals surface area contributed by atoms with Crippen LogP contribution in [0.25, 0.3) is 44.5 Å². The van der Waals surface area contributed by atoms with E-state index >= 15 is 0 Å². The van der Waals surface area contributed by atoms with Crippen LogP contribution in [0.4, 0.5) is 5.82 Å². The third-order valence-electron chi connectivity index (χ3n) is 8.43. The second kappa shape index (κ2) is 10.6. The van der Waals surface area contributed by atoms with Crippen molar-refractivity contribution < 1.29 is 4.79 Å². The lowest BCUT2D eigenvalue weighted by atomic mass is 9.86. The first kappa shape index (κ1) is 26.7. The first-order valence-electron chi connectivity index (χ1n) is 14.6. The normalized spacial score (nSPS) is 14.1. The Morgan fingerprint density at radius 3 is 2.56 bits per heavy atom. The Balaban J connectivity index is 1.24. The summed E-state index contributed by atoms with van der Waals surface area (Å²) < 4.78 is 4.01. The van der Waals surface area contributed by atoms with E-state index in [1.54, 1.807) is 12.5 Å². The number of pyridine rings is 2. The van der Waals surface area contributed by atoms with Gasteiger partial charge in [0, 0.05) is 28.9 Å². The van der Waals surface area contributed by atoms with Crippen LogP contribution in [0.1, 0.15) is 45.1 Å². The molecule has 4 heterocycles. The number of hydrogen-bond acceptors (Lipinski definition) is 7. The summed E-state index contributed by atoms with van der Waals surface area (Å²) in [6.07, 6.45) is 10.0. The van der Waals surface area contributed by atoms with E-state index < -0.39 is 5.41 Å². The van der Waals surface area contributed by atoms with Crippen molar-refractivity contribution in [2.24, 2.45) is 0 Å². The molecule has 0 atom stereocenters. The molecule has 0 spiro atoms. The zero-order valence-corrected chi connectivity index (χ0v) is 24.1. The average molecular weight is 570 g/mol. The number of hydrogen-bond donors (Lipinski definition) is 2. The Labute approximate surface area is 248 Å². The number of amides is 1. The number of benzene rings is 2. The molecular weight excluding hydrogens is 538 g/mol. The first-order valence-corrected chi connectivity index (χ1v) is 14.6. The summed E-state index contributed by atoms with van der Waals surface area (Å²) in [5.74, 6) is 1.11. The molecule has 0 unspecified atom stereocenters. The van der Waals surface area contributed by atoms with Gasteiger partial charge in [0.2, 0.25) is 11.7 Å². The van der Waals surface area contributed by atoms with Gasteiger partial charge in [0.05, 0.1) is 40.8 Å². The van der Waals surface area contributed by atoms with Crippen molar-refractivity contribution in [3.8, 4) is 22.9 Å². The van der Waals surface area contributed by atoms with Gasteiger partial charge in [-0.1, -0.05) is 31.0 Å². The maximum absolute atomic E-state index is 12.4. The molecule has 1 aliphatic rings. The standard InChI is InChI=1S/C33H31N9O/c1-33(2,19-34)23-9-11-25(12-10-23)42-31-26-15-21(7-13-27(26)36-17-28(31)41-20-38-40-32(41)42)22-8-14-29(37-16-22)39-30(43)18-35-24-5-3-4-6-24/h7-17,20,24,35H,3-6,18H2,1-2H3,(H,37,39,43). The molecule has 7 rings (SSSR count). The minimum atomic E-state index is -0.592. The number of anilines is 1. The minimum absolute atomic E-state index is 0.0872. The summed E-state index contributed by atoms with van der Waals surface area (Å²) in [4.78, 5) is 21.7. The lowest BCUT2D eigenvalue weighted by Gasteiger charge is -2.16. The van der Waals surface area contributed by atoms with Crippen LogP contribution in [0.15, 0.2) is 73.3 Å². The monoisotopic (exact) mass is 569 g/mol. The third kappa shape index (κ3) is 4.87. The van der Waals surface area contributed by atoms with E-state index in [0.29, 0.717) is 24.2 Å². The number of imidazole rings is 1. The Morgan fingerprint density at radius 2 is 1.81 bits per heavy atom. The van der Waals surface area contributed by atoms with Crippen molar-refractivity contribution in [3.63, 3.8) is 0 Å². The summed E-state index contributed by atoms with van der Waals surface area (Å²) in [6.45, 7) is 4.11. The number of rotatable bonds is 7. The highest BCUT2D eigenvalue weighted by molar-refractivity contribution is 6.06. The number of nitrogens with one attached hydrogen (secondary N) is 2. The average Bonchev–Trinajstić information content (AvgIpc) is 3.79. The highest BCUT2D eigenvalue weighted by atomic mass is 16.2. The summed E-state index contributed by atoms with van der Waals surface area (Å²) >= 11 is 0. The number of aromatic nitrogens is 6. The van der Waals surface area contributed by atoms with Crippen LogP contribution >= 0.6 is 0 Å². The van der Waals surface area contributed by atoms with Crippen LogP contribution < -0.4 is 10.6 Å². The number of carbonyl (C=O) groups is 1. The minimum Gasteiger partial charge on any atom is -0.310 e. The maximum Gasteiger partial charge on any atom is 0.241 e. The summed E-state index contributed by atoms with van der Waals surface area (Å²) in [5.41, 5.74) is 5.85. The van der Waals surface area contributed by atoms with Gasteiger partial charge in [0.15, 0.2) is 0 Å². The molecule has 10 heteroatoms. The van der Waals surface area contributed by atoms with Gasteiger partial charge >= 0.3 is 0 Å². The molecule has 214 valence electrons. The molecule has 0 radical (unpaired) electrons. The van der Waals surface area contributed by atoms with Crippen molar-refractivity contribution in [2.45, 2.75) is 51.0 Å². The molecule has 2 aromatic carbocycles. The smallest absolute Gasteiger partial charge is 0.241 e. The molecular formula is C33H31N9O. The number of carbonyl (C=O) groups excluding carboxylic acids is 1. The fraction of sp³-hybridized carbons (Fsp3) is 0.273. The zero-order chi connectivity index (χ0) is 29.6. The van der Waals surface area contributed by atoms with E-state index in [1.165, 1.54) is 12.8 Å². The summed E-state index contributed by atoms with van der Waals surface area (Å²) in [6, 6.07) is 20.8. The molecule has 4 aromatic heterocycles. The predicted molar refractivity (Wildman–Crippen MR) is 166 cm³/mol. The Bertz CT molecular complexity index is 2010. The van der Waals surface area contributed by atoms with Crippen LogP contribution in [0.5, 0.6) is 0 Å². The maximum atomic E-state index is 12.4. The Hall–Kier alpha value is -5.14. The summed E-state index contributed by atoms with van der Waals surface area (Å²) in [5, 5.41) is 25.4. The van der Waals surface area contributed by atoms with Crippen LogP contribution in [-0.4, -0.2) is 47.6 Å². The van der Waals surface area contributed by atoms with Crippen LogP contribution in [0, 0.1) is 11.3 Å². The van der Waals surface area contributed by atoms with Crippen molar-refractivity contribution in [1.29, 1.82) is 5.26 Å². The lowest BCUT2D eigenvalue weighted by molar-refractivity contribution is -0.115. The highest BCUT2D eigenvalue weighted by Crippen LogP contribution is 2.33. The van der Waals surface area contributed by atoms with Gasteiger partial charge in [-0.2, -0.15) is 5.26 Å². The van der Waals surface area contributed by atoms with E-state index in [0.717, 1.165) is 57.2 Å². The van der Waals surface area contributed by atoms with E-state index in [2.05, 4.69) is 42.5 Å². The Kier molecular flexibility index (Phi) is 6.59. The molecule has 0 saturated heterocycles. The van der Waals surface area contributed by atoms with Crippen molar-refractivity contribution in [2.75, 3.05) is 11.9 Å². The molecule has 0 bridgehead atoms. The van der Waals surface area contributed by atoms with Gasteiger partial charge in [-0.05, 0) is 74.2 Å². The molecule has 0 aliphatic heterocycles. The topological polar surface area (TPSA) is 126 Å². The highest BCUT2D eigenvalue weighted by Gasteiger charge is 2.22. The largest absolute Gasteiger partial charge is 0.310 e. The molecule has 1 aliphatic carbocycles. The van der Waals surface area contributed by atoms with E-state index in [1.807, 2.05) is 73.0 Å². The number of nitriles is 1. The second-order valence-corrected chi connectivity index (χ2v) is 11.7. The van der Waals surface area contributed by atoms with E-state index in [-0.39, 0.29) is 5.91 Å². The summed E-state index contributed by atoms with van der Waals surface area (Å²) in [7, 11) is 0.